The molecule has 0 aliphatic carbocycles. The predicted molar refractivity (Wildman–Crippen MR) is 361 cm³/mol. The second kappa shape index (κ2) is 37.7. The summed E-state index contributed by atoms with van der Waals surface area (Å²) in [6.07, 6.45) is 15.1. The van der Waals surface area contributed by atoms with E-state index in [0.717, 1.165) is 19.3 Å². The zero-order chi connectivity index (χ0) is 56.7. The quantitative estimate of drug-likeness (QED) is 0.0475. The van der Waals surface area contributed by atoms with E-state index in [0.29, 0.717) is 11.5 Å². The third-order valence-electron chi connectivity index (χ3n) is 12.3. The number of hydrogen-bond acceptors (Lipinski definition) is 9. The second-order valence-corrected chi connectivity index (χ2v) is 20.2. The van der Waals surface area contributed by atoms with Crippen molar-refractivity contribution in [1.29, 1.82) is 0 Å². The number of amides is 1. The smallest absolute Gasteiger partial charge is 0.395 e. The Morgan fingerprint density at radius 1 is 0.633 bits per heavy atom. The number of benzene rings is 2. The van der Waals surface area contributed by atoms with Gasteiger partial charge in [0.1, 0.15) is 23.7 Å². The summed E-state index contributed by atoms with van der Waals surface area (Å²) < 4.78 is 58.2. The molecule has 2 heterocycles. The summed E-state index contributed by atoms with van der Waals surface area (Å²) in [5, 5.41) is 3.00. The van der Waals surface area contributed by atoms with Crippen LogP contribution in [-0.4, -0.2) is 55.6 Å². The summed E-state index contributed by atoms with van der Waals surface area (Å²) in [6.45, 7) is 13.7. The van der Waals surface area contributed by atoms with Crippen LogP contribution < -0.4 is 14.4 Å². The molecule has 0 bridgehead atoms. The van der Waals surface area contributed by atoms with Crippen molar-refractivity contribution in [1.82, 2.24) is 5.32 Å². The van der Waals surface area contributed by atoms with Gasteiger partial charge in [-0.25, -0.2) is 4.57 Å². The number of para-hydroxylation sites is 2. The fourth-order valence-corrected chi connectivity index (χ4v) is 9.21. The highest BCUT2D eigenvalue weighted by Crippen LogP contribution is 2.50. The molecule has 452 valence electrons. The predicted octanol–water partition coefficient (Wildman–Crippen LogP) is 16.8. The van der Waals surface area contributed by atoms with Gasteiger partial charge in [0, 0.05) is 81.6 Å². The summed E-state index contributed by atoms with van der Waals surface area (Å²) in [4.78, 5) is 13.5. The Labute approximate surface area is 507 Å². The number of carbonyl (C=O) groups excluding carboxylic acids is 1. The van der Waals surface area contributed by atoms with E-state index >= 15 is 0 Å². The topological polar surface area (TPSA) is 111 Å². The first-order valence-electron chi connectivity index (χ1n) is 26.7. The van der Waals surface area contributed by atoms with Crippen LogP contribution in [0.1, 0.15) is 153 Å². The average Bonchev–Trinajstić information content (AvgIpc) is 1.80. The number of nitrogens with one attached hydrogen (secondary N) is 1. The van der Waals surface area contributed by atoms with Crippen molar-refractivity contribution in [2.24, 2.45) is 17.8 Å². The number of hydrogen-bond donors (Lipinski definition) is 1. The molecule has 1 N–H and O–H groups in total. The SMILES string of the molecule is CC#CC#CC#CC#CC#CC#CC#CC#CC#CC#CC#CC#CC(=O)N[C@@H](CO[C@H]1OC(COP(=O)(Oc2ccccc2)Oc2ccccc2)[C@H](C)[C@H](C)C1C)[C@@H]1OC(C)(C)O[C@@H]1C=CCCCCCCCCCCCC.[HH].[HH].[HH].[HH].[HH].[HH].[HH].[HH].[HH].[HH].[HH].[HH].[HH].[HH].[HH].[HH].[HH].[HH].[HH].[HH].[HH].[HH].[HH].[HH]. The monoisotopic (exact) mass is 1120 g/mol. The molecule has 2 aliphatic heterocycles. The van der Waals surface area contributed by atoms with Crippen LogP contribution in [0, 0.1) is 160 Å². The number of rotatable bonds is 24. The van der Waals surface area contributed by atoms with Gasteiger partial charge < -0.3 is 33.3 Å². The van der Waals surface area contributed by atoms with Gasteiger partial charge in [-0.05, 0) is 164 Å². The summed E-state index contributed by atoms with van der Waals surface area (Å²) in [5.74, 6) is 60.2. The van der Waals surface area contributed by atoms with E-state index in [-0.39, 0.29) is 65.2 Å². The molecule has 10 nitrogen and oxygen atoms in total. The lowest BCUT2D eigenvalue weighted by atomic mass is 9.79. The molecule has 79 heavy (non-hydrogen) atoms. The molecule has 11 heteroatoms. The zero-order valence-electron chi connectivity index (χ0n) is 46.4. The van der Waals surface area contributed by atoms with Crippen molar-refractivity contribution in [3.63, 3.8) is 0 Å². The van der Waals surface area contributed by atoms with Gasteiger partial charge in [0.25, 0.3) is 5.91 Å². The molecule has 8 atom stereocenters. The van der Waals surface area contributed by atoms with Gasteiger partial charge in [0.2, 0.25) is 0 Å². The van der Waals surface area contributed by atoms with Crippen LogP contribution in [0.4, 0.5) is 0 Å². The van der Waals surface area contributed by atoms with Crippen molar-refractivity contribution < 1.29 is 76.1 Å². The van der Waals surface area contributed by atoms with E-state index < -0.39 is 50.2 Å². The van der Waals surface area contributed by atoms with Gasteiger partial charge >= 0.3 is 7.82 Å². The minimum absolute atomic E-state index is 0. The van der Waals surface area contributed by atoms with Crippen LogP contribution in [0.25, 0.3) is 0 Å². The summed E-state index contributed by atoms with van der Waals surface area (Å²) in [6, 6.07) is 16.7. The van der Waals surface area contributed by atoms with E-state index in [1.165, 1.54) is 51.4 Å². The number of phosphoric acid groups is 1. The van der Waals surface area contributed by atoms with Crippen molar-refractivity contribution in [3.8, 4) is 154 Å². The number of ether oxygens (including phenoxy) is 4. The van der Waals surface area contributed by atoms with E-state index in [9.17, 15) is 9.36 Å². The number of carbonyl (C=O) groups is 1. The highest BCUT2D eigenvalue weighted by molar-refractivity contribution is 7.49. The van der Waals surface area contributed by atoms with Crippen molar-refractivity contribution in [3.05, 3.63) is 72.8 Å². The minimum atomic E-state index is -4.21. The highest BCUT2D eigenvalue weighted by Gasteiger charge is 2.46. The Kier molecular flexibility index (Phi) is 30.3. The molecule has 1 amide bonds. The normalized spacial score (nSPS) is 19.2. The van der Waals surface area contributed by atoms with Crippen LogP contribution in [0.15, 0.2) is 72.8 Å². The molecule has 2 unspecified atom stereocenters. The third kappa shape index (κ3) is 26.8. The largest absolute Gasteiger partial charge is 0.587 e. The second-order valence-electron chi connectivity index (χ2n) is 18.7. The number of allylic oxidation sites excluding steroid dienone is 1. The minimum Gasteiger partial charge on any atom is -0.395 e. The van der Waals surface area contributed by atoms with Gasteiger partial charge in [0.05, 0.1) is 25.4 Å². The summed E-state index contributed by atoms with van der Waals surface area (Å²) in [7, 11) is -4.21. The fourth-order valence-electron chi connectivity index (χ4n) is 7.98. The van der Waals surface area contributed by atoms with E-state index in [1.807, 2.05) is 39.0 Å². The van der Waals surface area contributed by atoms with Gasteiger partial charge in [-0.3, -0.25) is 9.32 Å². The molecule has 0 saturated carbocycles. The molecule has 2 aromatic carbocycles. The van der Waals surface area contributed by atoms with Crippen molar-refractivity contribution in [2.75, 3.05) is 13.2 Å². The van der Waals surface area contributed by atoms with E-state index in [2.05, 4.69) is 174 Å². The third-order valence-corrected chi connectivity index (χ3v) is 13.6. The Morgan fingerprint density at radius 2 is 1.09 bits per heavy atom. The molecule has 0 spiro atoms. The molecule has 2 saturated heterocycles. The lowest BCUT2D eigenvalue weighted by molar-refractivity contribution is -0.256. The van der Waals surface area contributed by atoms with Crippen LogP contribution >= 0.6 is 7.82 Å². The fraction of sp³-hybridized carbons (Fsp3) is 0.426. The van der Waals surface area contributed by atoms with Gasteiger partial charge in [-0.2, -0.15) is 0 Å². The van der Waals surface area contributed by atoms with Crippen LogP contribution in [0.5, 0.6) is 11.5 Å². The standard InChI is InChI=1S/C68H68NO9P.24H2/c1-8-10-12-14-16-18-20-22-23-24-25-26-27-28-29-30-31-32-34-36-38-40-48-54-65(70)69-62(66-63(75-68(6,7)76-66)53-47-39-37-35-33-21-19-17-15-13-11-9-2)55-72-67-59(5)57(3)58(4)64(74-67)56-73-79(71,77-60-49-43-41-44-50-60)78-61-51-45-42-46-52-61;;;;;;;;;;;;;;;;;;;;;;;;/h41-47,49-53,57-59,62-64,66-67H,9,11,13,15,17,19,21,33,35,37,39,55-56H2,1-7H3,(H,69,70);24*1H/t57-,58+,59?,62-,63+,64?,66-,67-;;;;;;;;;;;;;;;;;;;;;;;;/m0......................../s1. The zero-order valence-corrected chi connectivity index (χ0v) is 47.3. The summed E-state index contributed by atoms with van der Waals surface area (Å²) in [5.41, 5.74) is 0. The van der Waals surface area contributed by atoms with E-state index in [1.54, 1.807) is 55.5 Å². The maximum Gasteiger partial charge on any atom is 0.587 e. The van der Waals surface area contributed by atoms with Crippen molar-refractivity contribution in [2.45, 2.75) is 156 Å². The number of unbranched alkanes of at least 4 members (excludes halogenated alkanes) is 10. The summed E-state index contributed by atoms with van der Waals surface area (Å²) >= 11 is 0. The molecule has 2 aromatic rings. The molecular weight excluding hydrogens is 1010 g/mol. The van der Waals surface area contributed by atoms with Gasteiger partial charge in [-0.1, -0.05) is 140 Å². The Balaban J connectivity index is -0.000000147. The molecule has 2 fully saturated rings. The first kappa shape index (κ1) is 63.5. The van der Waals surface area contributed by atoms with Crippen LogP contribution in [0.3, 0.4) is 0 Å². The first-order valence-corrected chi connectivity index (χ1v) is 28.2. The van der Waals surface area contributed by atoms with E-state index in [4.69, 9.17) is 32.5 Å². The first-order chi connectivity index (χ1) is 38.4. The maximum absolute atomic E-state index is 14.3. The van der Waals surface area contributed by atoms with Crippen molar-refractivity contribution >= 4 is 13.7 Å². The lowest BCUT2D eigenvalue weighted by Gasteiger charge is -2.43. The Bertz CT molecular complexity index is 3220. The number of phosphoric ester groups is 1. The molecular formula is C68H116NO9P. The molecule has 0 aromatic heterocycles. The Morgan fingerprint density at radius 3 is 1.57 bits per heavy atom. The molecule has 2 aliphatic rings. The maximum atomic E-state index is 14.3. The Hall–Kier alpha value is -8.00. The lowest BCUT2D eigenvalue weighted by Crippen LogP contribution is -2.53. The van der Waals surface area contributed by atoms with Gasteiger partial charge in [-0.15, -0.1) is 0 Å². The molecule has 0 radical (unpaired) electrons. The van der Waals surface area contributed by atoms with Crippen LogP contribution in [0.2, 0.25) is 0 Å². The van der Waals surface area contributed by atoms with Gasteiger partial charge in [0.15, 0.2) is 12.1 Å². The van der Waals surface area contributed by atoms with Crippen LogP contribution in [-0.2, 0) is 32.8 Å². The highest BCUT2D eigenvalue weighted by atomic mass is 31.2. The average molecular weight is 1120 g/mol. The molecule has 4 rings (SSSR count).